The summed E-state index contributed by atoms with van der Waals surface area (Å²) in [5.74, 6) is 0. The van der Waals surface area contributed by atoms with Gasteiger partial charge < -0.3 is 0 Å². The first-order valence-corrected chi connectivity index (χ1v) is 5.07. The molecular weight excluding hydrogens is 247 g/mol. The van der Waals surface area contributed by atoms with Crippen molar-refractivity contribution in [2.24, 2.45) is 0 Å². The highest BCUT2D eigenvalue weighted by molar-refractivity contribution is 14.1. The van der Waals surface area contributed by atoms with Crippen molar-refractivity contribution in [2.75, 3.05) is 0 Å². The van der Waals surface area contributed by atoms with E-state index < -0.39 is 0 Å². The molecule has 1 aromatic rings. The quantitative estimate of drug-likeness (QED) is 0.713. The van der Waals surface area contributed by atoms with Crippen molar-refractivity contribution in [1.82, 2.24) is 0 Å². The van der Waals surface area contributed by atoms with Gasteiger partial charge in [-0.15, -0.1) is 0 Å². The summed E-state index contributed by atoms with van der Waals surface area (Å²) >= 11 is 2.41. The molecule has 0 aliphatic carbocycles. The minimum absolute atomic E-state index is 1.21. The normalized spacial score (nSPS) is 10.1. The van der Waals surface area contributed by atoms with Gasteiger partial charge in [0.15, 0.2) is 0 Å². The highest BCUT2D eigenvalue weighted by Crippen LogP contribution is 2.15. The monoisotopic (exact) mass is 260 g/mol. The zero-order valence-electron chi connectivity index (χ0n) is 7.02. The Morgan fingerprint density at radius 1 is 1.36 bits per heavy atom. The lowest BCUT2D eigenvalue weighted by Crippen LogP contribution is -1.88. The van der Waals surface area contributed by atoms with Gasteiger partial charge in [-0.25, -0.2) is 0 Å². The molecule has 0 bridgehead atoms. The number of hydrogen-bond donors (Lipinski definition) is 0. The number of halogens is 1. The van der Waals surface area contributed by atoms with Gasteiger partial charge in [-0.1, -0.05) is 31.0 Å². The highest BCUT2D eigenvalue weighted by atomic mass is 127. The summed E-state index contributed by atoms with van der Waals surface area (Å²) in [5, 5.41) is 0. The van der Waals surface area contributed by atoms with E-state index >= 15 is 0 Å². The van der Waals surface area contributed by atoms with Crippen LogP contribution in [0.25, 0.3) is 0 Å². The van der Waals surface area contributed by atoms with Crippen LogP contribution in [0.5, 0.6) is 0 Å². The third-order valence-electron chi connectivity index (χ3n) is 1.73. The smallest absolute Gasteiger partial charge is 0.0164 e. The fourth-order valence-electron chi connectivity index (χ4n) is 1.12. The van der Waals surface area contributed by atoms with E-state index in [1.807, 2.05) is 0 Å². The molecule has 0 saturated carbocycles. The Morgan fingerprint density at radius 2 is 2.09 bits per heavy atom. The number of benzene rings is 1. The standard InChI is InChI=1S/C10H13I/c1-3-4-9-6-5-8(2)7-10(9)11/h5-7H,3-4H2,1-2H3. The van der Waals surface area contributed by atoms with Gasteiger partial charge in [-0.3, -0.25) is 0 Å². The minimum atomic E-state index is 1.21. The Morgan fingerprint density at radius 3 is 2.64 bits per heavy atom. The molecule has 0 amide bonds. The van der Waals surface area contributed by atoms with Gasteiger partial charge in [0.1, 0.15) is 0 Å². The molecule has 0 nitrogen and oxygen atoms in total. The van der Waals surface area contributed by atoms with E-state index in [9.17, 15) is 0 Å². The van der Waals surface area contributed by atoms with Crippen LogP contribution >= 0.6 is 22.6 Å². The maximum atomic E-state index is 2.41. The molecule has 0 fully saturated rings. The summed E-state index contributed by atoms with van der Waals surface area (Å²) < 4.78 is 1.41. The van der Waals surface area contributed by atoms with Crippen molar-refractivity contribution in [2.45, 2.75) is 26.7 Å². The average Bonchev–Trinajstić information content (AvgIpc) is 1.95. The fourth-order valence-corrected chi connectivity index (χ4v) is 2.07. The predicted octanol–water partition coefficient (Wildman–Crippen LogP) is 3.55. The van der Waals surface area contributed by atoms with Crippen molar-refractivity contribution in [3.05, 3.63) is 32.9 Å². The van der Waals surface area contributed by atoms with Crippen molar-refractivity contribution >= 4 is 22.6 Å². The summed E-state index contributed by atoms with van der Waals surface area (Å²) in [6, 6.07) is 6.67. The topological polar surface area (TPSA) is 0 Å². The third kappa shape index (κ3) is 2.47. The molecule has 1 rings (SSSR count). The summed E-state index contributed by atoms with van der Waals surface area (Å²) in [6.07, 6.45) is 2.44. The number of rotatable bonds is 2. The van der Waals surface area contributed by atoms with E-state index in [0.717, 1.165) is 0 Å². The molecular formula is C10H13I. The van der Waals surface area contributed by atoms with Crippen molar-refractivity contribution in [3.63, 3.8) is 0 Å². The number of hydrogen-bond acceptors (Lipinski definition) is 0. The molecule has 0 atom stereocenters. The van der Waals surface area contributed by atoms with Crippen LogP contribution in [0.4, 0.5) is 0 Å². The van der Waals surface area contributed by atoms with E-state index in [1.54, 1.807) is 0 Å². The molecule has 0 unspecified atom stereocenters. The van der Waals surface area contributed by atoms with E-state index in [-0.39, 0.29) is 0 Å². The van der Waals surface area contributed by atoms with Gasteiger partial charge in [-0.05, 0) is 47.6 Å². The predicted molar refractivity (Wildman–Crippen MR) is 57.9 cm³/mol. The molecule has 1 heteroatoms. The van der Waals surface area contributed by atoms with Gasteiger partial charge in [0.25, 0.3) is 0 Å². The van der Waals surface area contributed by atoms with Gasteiger partial charge >= 0.3 is 0 Å². The molecule has 0 spiro atoms. The summed E-state index contributed by atoms with van der Waals surface area (Å²) in [5.41, 5.74) is 2.84. The Labute approximate surface area is 82.2 Å². The summed E-state index contributed by atoms with van der Waals surface area (Å²) in [6.45, 7) is 4.35. The minimum Gasteiger partial charge on any atom is -0.0651 e. The Hall–Kier alpha value is -0.0500. The first-order valence-electron chi connectivity index (χ1n) is 3.99. The lowest BCUT2D eigenvalue weighted by Gasteiger charge is -2.02. The Bertz CT molecular complexity index is 241. The van der Waals surface area contributed by atoms with Gasteiger partial charge in [0.2, 0.25) is 0 Å². The van der Waals surface area contributed by atoms with Crippen LogP contribution in [-0.2, 0) is 6.42 Å². The third-order valence-corrected chi connectivity index (χ3v) is 2.73. The van der Waals surface area contributed by atoms with E-state index in [1.165, 1.54) is 27.5 Å². The second kappa shape index (κ2) is 4.10. The van der Waals surface area contributed by atoms with Crippen LogP contribution in [0.3, 0.4) is 0 Å². The van der Waals surface area contributed by atoms with Crippen molar-refractivity contribution in [1.29, 1.82) is 0 Å². The summed E-state index contributed by atoms with van der Waals surface area (Å²) in [7, 11) is 0. The Balaban J connectivity index is 2.90. The molecule has 0 saturated heterocycles. The average molecular weight is 260 g/mol. The zero-order valence-corrected chi connectivity index (χ0v) is 9.18. The van der Waals surface area contributed by atoms with E-state index in [4.69, 9.17) is 0 Å². The molecule has 1 aromatic carbocycles. The second-order valence-electron chi connectivity index (χ2n) is 2.84. The maximum Gasteiger partial charge on any atom is 0.0164 e. The van der Waals surface area contributed by atoms with E-state index in [0.29, 0.717) is 0 Å². The Kier molecular flexibility index (Phi) is 3.37. The van der Waals surface area contributed by atoms with Gasteiger partial charge in [0.05, 0.1) is 0 Å². The van der Waals surface area contributed by atoms with Crippen LogP contribution < -0.4 is 0 Å². The van der Waals surface area contributed by atoms with Crippen LogP contribution in [-0.4, -0.2) is 0 Å². The first kappa shape index (κ1) is 9.04. The number of aryl methyl sites for hydroxylation is 2. The SMILES string of the molecule is CCCc1ccc(C)cc1I. The van der Waals surface area contributed by atoms with Gasteiger partial charge in [-0.2, -0.15) is 0 Å². The molecule has 60 valence electrons. The van der Waals surface area contributed by atoms with Crippen LogP contribution in [0, 0.1) is 10.5 Å². The molecule has 0 N–H and O–H groups in total. The van der Waals surface area contributed by atoms with Gasteiger partial charge in [0, 0.05) is 3.57 Å². The van der Waals surface area contributed by atoms with E-state index in [2.05, 4.69) is 54.6 Å². The van der Waals surface area contributed by atoms with Crippen LogP contribution in [0.1, 0.15) is 24.5 Å². The molecule has 0 radical (unpaired) electrons. The lowest BCUT2D eigenvalue weighted by atomic mass is 10.1. The first-order chi connectivity index (χ1) is 5.24. The summed E-state index contributed by atoms with van der Waals surface area (Å²) in [4.78, 5) is 0. The molecule has 0 aromatic heterocycles. The maximum absolute atomic E-state index is 2.41. The zero-order chi connectivity index (χ0) is 8.27. The molecule has 11 heavy (non-hydrogen) atoms. The molecule has 0 aliphatic rings. The lowest BCUT2D eigenvalue weighted by molar-refractivity contribution is 0.915. The fraction of sp³-hybridized carbons (Fsp3) is 0.400. The van der Waals surface area contributed by atoms with Crippen molar-refractivity contribution in [3.8, 4) is 0 Å². The molecule has 0 aliphatic heterocycles. The van der Waals surface area contributed by atoms with Crippen LogP contribution in [0.2, 0.25) is 0 Å². The second-order valence-corrected chi connectivity index (χ2v) is 4.01. The van der Waals surface area contributed by atoms with Crippen LogP contribution in [0.15, 0.2) is 18.2 Å². The van der Waals surface area contributed by atoms with Crippen molar-refractivity contribution < 1.29 is 0 Å². The largest absolute Gasteiger partial charge is 0.0651 e. The molecule has 0 heterocycles. The highest BCUT2D eigenvalue weighted by Gasteiger charge is 1.96.